The van der Waals surface area contributed by atoms with Crippen LogP contribution >= 0.6 is 11.6 Å². The van der Waals surface area contributed by atoms with Crippen LogP contribution in [0.1, 0.15) is 22.5 Å². The first-order valence-corrected chi connectivity index (χ1v) is 9.94. The number of nitrogens with two attached hydrogens (primary N) is 1. The number of pyridine rings is 1. The number of nitriles is 1. The van der Waals surface area contributed by atoms with Crippen molar-refractivity contribution in [2.45, 2.75) is 12.5 Å². The molecule has 1 atom stereocenters. The van der Waals surface area contributed by atoms with Gasteiger partial charge >= 0.3 is 0 Å². The van der Waals surface area contributed by atoms with Crippen molar-refractivity contribution in [3.8, 4) is 29.0 Å². The maximum Gasteiger partial charge on any atom is 0.275 e. The summed E-state index contributed by atoms with van der Waals surface area (Å²) in [5.74, 6) is -2.12. The Morgan fingerprint density at radius 3 is 2.72 bits per heavy atom. The fourth-order valence-corrected chi connectivity index (χ4v) is 3.82. The molecule has 4 rings (SSSR count). The van der Waals surface area contributed by atoms with Crippen molar-refractivity contribution in [1.82, 2.24) is 19.4 Å². The van der Waals surface area contributed by atoms with Gasteiger partial charge in [0, 0.05) is 30.8 Å². The standard InChI is InChI=1S/C21H17ClF2N6O2/c1-32-20-16(24)7-14(9-27-20)30-18(22)17(21(31)29-5-4-13(26)10-29)28-19(30)11-2-3-12(8-25)15(23)6-11/h2-3,6-7,9,13H,4-5,10,26H2,1H3/t13-/m0/s1. The summed E-state index contributed by atoms with van der Waals surface area (Å²) in [6.07, 6.45) is 1.93. The van der Waals surface area contributed by atoms with Gasteiger partial charge in [0.15, 0.2) is 11.5 Å². The van der Waals surface area contributed by atoms with Crippen LogP contribution in [0.2, 0.25) is 5.15 Å². The van der Waals surface area contributed by atoms with E-state index in [-0.39, 0.29) is 45.4 Å². The first kappa shape index (κ1) is 21.7. The summed E-state index contributed by atoms with van der Waals surface area (Å²) in [7, 11) is 1.28. The summed E-state index contributed by atoms with van der Waals surface area (Å²) in [6, 6.07) is 6.55. The van der Waals surface area contributed by atoms with Crippen molar-refractivity contribution in [3.63, 3.8) is 0 Å². The highest BCUT2D eigenvalue weighted by atomic mass is 35.5. The van der Waals surface area contributed by atoms with Gasteiger partial charge in [0.1, 0.15) is 22.9 Å². The molecule has 3 aromatic rings. The zero-order valence-corrected chi connectivity index (χ0v) is 17.6. The highest BCUT2D eigenvalue weighted by Crippen LogP contribution is 2.32. The largest absolute Gasteiger partial charge is 0.479 e. The van der Waals surface area contributed by atoms with Gasteiger partial charge in [-0.25, -0.2) is 18.7 Å². The highest BCUT2D eigenvalue weighted by Gasteiger charge is 2.31. The number of aromatic nitrogens is 3. The summed E-state index contributed by atoms with van der Waals surface area (Å²) in [5, 5.41) is 8.91. The second-order valence-electron chi connectivity index (χ2n) is 7.20. The number of rotatable bonds is 4. The van der Waals surface area contributed by atoms with Crippen LogP contribution in [0.25, 0.3) is 17.1 Å². The molecule has 3 heterocycles. The van der Waals surface area contributed by atoms with Crippen LogP contribution in [0.15, 0.2) is 30.5 Å². The van der Waals surface area contributed by atoms with Gasteiger partial charge in [-0.05, 0) is 24.6 Å². The third-order valence-corrected chi connectivity index (χ3v) is 5.48. The molecule has 1 saturated heterocycles. The maximum absolute atomic E-state index is 14.4. The van der Waals surface area contributed by atoms with Crippen LogP contribution in [0, 0.1) is 23.0 Å². The van der Waals surface area contributed by atoms with Gasteiger partial charge in [-0.2, -0.15) is 5.26 Å². The van der Waals surface area contributed by atoms with Crippen molar-refractivity contribution in [1.29, 1.82) is 5.26 Å². The van der Waals surface area contributed by atoms with Gasteiger partial charge in [-0.3, -0.25) is 9.36 Å². The monoisotopic (exact) mass is 458 g/mol. The lowest BCUT2D eigenvalue weighted by atomic mass is 10.1. The Labute approximate surface area is 186 Å². The number of benzene rings is 1. The normalized spacial score (nSPS) is 15.6. The Balaban J connectivity index is 1.89. The van der Waals surface area contributed by atoms with Gasteiger partial charge in [-0.1, -0.05) is 11.6 Å². The molecular weight excluding hydrogens is 442 g/mol. The molecule has 1 aliphatic rings. The zero-order chi connectivity index (χ0) is 23.0. The Hall–Kier alpha value is -3.55. The number of methoxy groups -OCH3 is 1. The molecule has 1 fully saturated rings. The third-order valence-electron chi connectivity index (χ3n) is 5.13. The van der Waals surface area contributed by atoms with E-state index in [0.717, 1.165) is 12.1 Å². The lowest BCUT2D eigenvalue weighted by Gasteiger charge is -2.14. The number of hydrogen-bond acceptors (Lipinski definition) is 6. The SMILES string of the molecule is COc1ncc(-n2c(-c3ccc(C#N)c(F)c3)nc(C(=O)N3CC[C@H](N)C3)c2Cl)cc1F. The number of imidazole rings is 1. The third kappa shape index (κ3) is 3.77. The summed E-state index contributed by atoms with van der Waals surface area (Å²) < 4.78 is 34.8. The lowest BCUT2D eigenvalue weighted by molar-refractivity contribution is 0.0786. The van der Waals surface area contributed by atoms with Crippen LogP contribution in [-0.4, -0.2) is 51.6 Å². The molecule has 1 aromatic carbocycles. The lowest BCUT2D eigenvalue weighted by Crippen LogP contribution is -2.32. The zero-order valence-electron chi connectivity index (χ0n) is 16.8. The molecule has 2 aromatic heterocycles. The van der Waals surface area contributed by atoms with Gasteiger partial charge in [0.05, 0.1) is 24.6 Å². The average molecular weight is 459 g/mol. The summed E-state index contributed by atoms with van der Waals surface area (Å²) in [5.41, 5.74) is 6.04. The Kier molecular flexibility index (Phi) is 5.78. The van der Waals surface area contributed by atoms with Crippen molar-refractivity contribution < 1.29 is 18.3 Å². The van der Waals surface area contributed by atoms with E-state index < -0.39 is 17.5 Å². The number of carbonyl (C=O) groups excluding carboxylic acids is 1. The smallest absolute Gasteiger partial charge is 0.275 e. The number of halogens is 3. The van der Waals surface area contributed by atoms with E-state index in [2.05, 4.69) is 9.97 Å². The molecule has 11 heteroatoms. The van der Waals surface area contributed by atoms with Crippen LogP contribution in [-0.2, 0) is 0 Å². The van der Waals surface area contributed by atoms with E-state index in [1.807, 2.05) is 0 Å². The van der Waals surface area contributed by atoms with E-state index in [1.165, 1.54) is 34.9 Å². The van der Waals surface area contributed by atoms with E-state index >= 15 is 0 Å². The second kappa shape index (κ2) is 8.53. The minimum Gasteiger partial charge on any atom is -0.479 e. The topological polar surface area (TPSA) is 110 Å². The molecule has 0 spiro atoms. The second-order valence-corrected chi connectivity index (χ2v) is 7.56. The van der Waals surface area contributed by atoms with Crippen molar-refractivity contribution >= 4 is 17.5 Å². The molecule has 0 aliphatic carbocycles. The molecule has 2 N–H and O–H groups in total. The maximum atomic E-state index is 14.4. The van der Waals surface area contributed by atoms with E-state index in [1.54, 1.807) is 6.07 Å². The highest BCUT2D eigenvalue weighted by molar-refractivity contribution is 6.33. The van der Waals surface area contributed by atoms with Gasteiger partial charge < -0.3 is 15.4 Å². The van der Waals surface area contributed by atoms with Crippen molar-refractivity contribution in [3.05, 3.63) is 58.5 Å². The van der Waals surface area contributed by atoms with E-state index in [4.69, 9.17) is 27.3 Å². The first-order chi connectivity index (χ1) is 15.3. The molecular formula is C21H17ClF2N6O2. The first-order valence-electron chi connectivity index (χ1n) is 9.57. The van der Waals surface area contributed by atoms with Gasteiger partial charge in [-0.15, -0.1) is 0 Å². The van der Waals surface area contributed by atoms with Crippen LogP contribution in [0.3, 0.4) is 0 Å². The summed E-state index contributed by atoms with van der Waals surface area (Å²) >= 11 is 6.54. The number of ether oxygens (including phenoxy) is 1. The van der Waals surface area contributed by atoms with E-state index in [0.29, 0.717) is 19.5 Å². The molecule has 164 valence electrons. The average Bonchev–Trinajstić information content (AvgIpc) is 3.36. The van der Waals surface area contributed by atoms with Gasteiger partial charge in [0.25, 0.3) is 5.91 Å². The number of nitrogens with zero attached hydrogens (tertiary/aromatic N) is 5. The fourth-order valence-electron chi connectivity index (χ4n) is 3.52. The number of carbonyl (C=O) groups is 1. The molecule has 0 radical (unpaired) electrons. The molecule has 32 heavy (non-hydrogen) atoms. The predicted molar refractivity (Wildman–Crippen MR) is 111 cm³/mol. The van der Waals surface area contributed by atoms with Gasteiger partial charge in [0.2, 0.25) is 5.88 Å². The van der Waals surface area contributed by atoms with Crippen LogP contribution in [0.5, 0.6) is 5.88 Å². The van der Waals surface area contributed by atoms with E-state index in [9.17, 15) is 13.6 Å². The molecule has 1 aliphatic heterocycles. The Morgan fingerprint density at radius 1 is 1.34 bits per heavy atom. The quantitative estimate of drug-likeness (QED) is 0.643. The number of hydrogen-bond donors (Lipinski definition) is 1. The van der Waals surface area contributed by atoms with Crippen LogP contribution in [0.4, 0.5) is 8.78 Å². The molecule has 0 bridgehead atoms. The van der Waals surface area contributed by atoms with Crippen molar-refractivity contribution in [2.75, 3.05) is 20.2 Å². The Morgan fingerprint density at radius 2 is 2.12 bits per heavy atom. The minimum absolute atomic E-state index is 0.0802. The molecule has 8 nitrogen and oxygen atoms in total. The van der Waals surface area contributed by atoms with Crippen molar-refractivity contribution in [2.24, 2.45) is 5.73 Å². The summed E-state index contributed by atoms with van der Waals surface area (Å²) in [4.78, 5) is 22.9. The summed E-state index contributed by atoms with van der Waals surface area (Å²) in [6.45, 7) is 0.796. The Bertz CT molecular complexity index is 1260. The number of likely N-dealkylation sites (tertiary alicyclic amines) is 1. The predicted octanol–water partition coefficient (Wildman–Crippen LogP) is 2.92. The molecule has 0 unspecified atom stereocenters. The van der Waals surface area contributed by atoms with Crippen LogP contribution < -0.4 is 10.5 Å². The fraction of sp³-hybridized carbons (Fsp3) is 0.238. The molecule has 1 amide bonds. The number of amides is 1. The molecule has 0 saturated carbocycles. The minimum atomic E-state index is -0.770.